The number of rotatable bonds is 15. The first-order valence-corrected chi connectivity index (χ1v) is 10.6. The highest BCUT2D eigenvalue weighted by atomic mass is 16.4. The van der Waals surface area contributed by atoms with E-state index in [2.05, 4.69) is 16.0 Å². The maximum atomic E-state index is 12.9. The summed E-state index contributed by atoms with van der Waals surface area (Å²) in [5.41, 5.74) is 16.0. The van der Waals surface area contributed by atoms with Crippen LogP contribution in [0.4, 0.5) is 0 Å². The highest BCUT2D eigenvalue weighted by Gasteiger charge is 2.31. The quantitative estimate of drug-likeness (QED) is 0.136. The number of carboxylic acid groups (broad SMARTS) is 1. The van der Waals surface area contributed by atoms with Crippen LogP contribution in [0.3, 0.4) is 0 Å². The molecule has 0 aliphatic rings. The monoisotopic (exact) mass is 472 g/mol. The Morgan fingerprint density at radius 2 is 1.24 bits per heavy atom. The second-order valence-electron chi connectivity index (χ2n) is 8.60. The van der Waals surface area contributed by atoms with Gasteiger partial charge in [-0.3, -0.25) is 24.0 Å². The zero-order valence-electron chi connectivity index (χ0n) is 19.4. The molecule has 0 bridgehead atoms. The van der Waals surface area contributed by atoms with Crippen LogP contribution in [0.5, 0.6) is 0 Å². The summed E-state index contributed by atoms with van der Waals surface area (Å²) in [4.78, 5) is 71.5. The SMILES string of the molecule is CC(C)CC(NC(=O)C(N)C(C)C)C(=O)NC(CCC(N)=O)C(=O)NC(CC(N)=O)C(=O)O. The molecule has 0 aromatic rings. The Kier molecular flexibility index (Phi) is 12.7. The van der Waals surface area contributed by atoms with Crippen molar-refractivity contribution in [3.8, 4) is 0 Å². The molecule has 0 heterocycles. The molecule has 0 aromatic heterocycles. The molecular formula is C20H36N6O7. The lowest BCUT2D eigenvalue weighted by atomic mass is 10.00. The molecule has 0 fully saturated rings. The summed E-state index contributed by atoms with van der Waals surface area (Å²) < 4.78 is 0. The number of amides is 5. The zero-order valence-corrected chi connectivity index (χ0v) is 19.4. The van der Waals surface area contributed by atoms with Crippen LogP contribution in [-0.2, 0) is 28.8 Å². The maximum Gasteiger partial charge on any atom is 0.326 e. The summed E-state index contributed by atoms with van der Waals surface area (Å²) in [5.74, 6) is -5.62. The third-order valence-electron chi connectivity index (χ3n) is 4.69. The number of carboxylic acids is 1. The molecule has 0 spiro atoms. The average Bonchev–Trinajstić information content (AvgIpc) is 2.67. The Bertz CT molecular complexity index is 740. The van der Waals surface area contributed by atoms with Crippen molar-refractivity contribution < 1.29 is 33.9 Å². The van der Waals surface area contributed by atoms with Gasteiger partial charge in [0.2, 0.25) is 29.5 Å². The van der Waals surface area contributed by atoms with Crippen LogP contribution in [-0.4, -0.2) is 64.8 Å². The van der Waals surface area contributed by atoms with Crippen molar-refractivity contribution in [2.45, 2.75) is 77.5 Å². The number of hydrogen-bond acceptors (Lipinski definition) is 7. The number of primary amides is 2. The molecular weight excluding hydrogens is 436 g/mol. The molecule has 0 aromatic carbocycles. The van der Waals surface area contributed by atoms with Gasteiger partial charge in [-0.25, -0.2) is 4.79 Å². The zero-order chi connectivity index (χ0) is 25.9. The Morgan fingerprint density at radius 3 is 1.67 bits per heavy atom. The average molecular weight is 473 g/mol. The van der Waals surface area contributed by atoms with E-state index in [0.717, 1.165) is 0 Å². The van der Waals surface area contributed by atoms with E-state index in [1.165, 1.54) is 0 Å². The first-order chi connectivity index (χ1) is 15.1. The largest absolute Gasteiger partial charge is 0.480 e. The first kappa shape index (κ1) is 29.8. The number of carbonyl (C=O) groups excluding carboxylic acids is 5. The molecule has 0 saturated carbocycles. The lowest BCUT2D eigenvalue weighted by Gasteiger charge is -2.26. The van der Waals surface area contributed by atoms with Crippen LogP contribution < -0.4 is 33.2 Å². The van der Waals surface area contributed by atoms with E-state index in [9.17, 15) is 33.9 Å². The van der Waals surface area contributed by atoms with Gasteiger partial charge >= 0.3 is 5.97 Å². The van der Waals surface area contributed by atoms with E-state index in [1.807, 2.05) is 13.8 Å². The number of nitrogens with one attached hydrogen (secondary N) is 3. The van der Waals surface area contributed by atoms with E-state index >= 15 is 0 Å². The Morgan fingerprint density at radius 1 is 0.758 bits per heavy atom. The Labute approximate surface area is 192 Å². The van der Waals surface area contributed by atoms with Crippen LogP contribution in [0, 0.1) is 11.8 Å². The van der Waals surface area contributed by atoms with Crippen molar-refractivity contribution in [3.05, 3.63) is 0 Å². The molecule has 5 amide bonds. The first-order valence-electron chi connectivity index (χ1n) is 10.6. The standard InChI is InChI=1S/C20H36N6O7/c1-9(2)7-12(25-19(31)16(23)10(3)4)18(30)24-11(5-6-14(21)27)17(29)26-13(20(32)33)8-15(22)28/h9-13,16H,5-8,23H2,1-4H3,(H2,21,27)(H2,22,28)(H,24,30)(H,25,31)(H,26,29)(H,32,33). The highest BCUT2D eigenvalue weighted by Crippen LogP contribution is 2.09. The molecule has 0 radical (unpaired) electrons. The second kappa shape index (κ2) is 14.0. The fourth-order valence-electron chi connectivity index (χ4n) is 2.77. The number of nitrogens with two attached hydrogens (primary N) is 3. The topological polar surface area (TPSA) is 237 Å². The second-order valence-corrected chi connectivity index (χ2v) is 8.60. The minimum Gasteiger partial charge on any atom is -0.480 e. The van der Waals surface area contributed by atoms with Crippen LogP contribution in [0.1, 0.15) is 53.4 Å². The van der Waals surface area contributed by atoms with Gasteiger partial charge in [-0.15, -0.1) is 0 Å². The molecule has 10 N–H and O–H groups in total. The smallest absolute Gasteiger partial charge is 0.326 e. The van der Waals surface area contributed by atoms with Crippen molar-refractivity contribution in [3.63, 3.8) is 0 Å². The van der Waals surface area contributed by atoms with Gasteiger partial charge in [-0.2, -0.15) is 0 Å². The summed E-state index contributed by atoms with van der Waals surface area (Å²) in [5, 5.41) is 16.3. The molecule has 0 aliphatic carbocycles. The molecule has 13 heteroatoms. The molecule has 0 saturated heterocycles. The predicted octanol–water partition coefficient (Wildman–Crippen LogP) is -2.30. The van der Waals surface area contributed by atoms with Crippen molar-refractivity contribution in [1.82, 2.24) is 16.0 Å². The molecule has 0 rings (SSSR count). The van der Waals surface area contributed by atoms with Crippen LogP contribution in [0.25, 0.3) is 0 Å². The molecule has 188 valence electrons. The lowest BCUT2D eigenvalue weighted by molar-refractivity contribution is -0.144. The third kappa shape index (κ3) is 11.8. The third-order valence-corrected chi connectivity index (χ3v) is 4.69. The fourth-order valence-corrected chi connectivity index (χ4v) is 2.77. The van der Waals surface area contributed by atoms with Gasteiger partial charge in [-0.1, -0.05) is 27.7 Å². The number of aliphatic carboxylic acids is 1. The van der Waals surface area contributed by atoms with Crippen LogP contribution in [0.15, 0.2) is 0 Å². The summed E-state index contributed by atoms with van der Waals surface area (Å²) in [6.45, 7) is 7.15. The molecule has 4 atom stereocenters. The Balaban J connectivity index is 5.61. The minimum absolute atomic E-state index is 0.0128. The van der Waals surface area contributed by atoms with Crippen molar-refractivity contribution >= 4 is 35.5 Å². The van der Waals surface area contributed by atoms with Gasteiger partial charge in [-0.05, 0) is 24.7 Å². The molecule has 13 nitrogen and oxygen atoms in total. The van der Waals surface area contributed by atoms with Gasteiger partial charge in [0, 0.05) is 6.42 Å². The fraction of sp³-hybridized carbons (Fsp3) is 0.700. The van der Waals surface area contributed by atoms with Crippen LogP contribution >= 0.6 is 0 Å². The van der Waals surface area contributed by atoms with E-state index in [0.29, 0.717) is 0 Å². The highest BCUT2D eigenvalue weighted by molar-refractivity contribution is 5.95. The van der Waals surface area contributed by atoms with Gasteiger partial charge in [0.25, 0.3) is 0 Å². The van der Waals surface area contributed by atoms with E-state index in [-0.39, 0.29) is 31.1 Å². The van der Waals surface area contributed by atoms with Gasteiger partial charge in [0.15, 0.2) is 0 Å². The summed E-state index contributed by atoms with van der Waals surface area (Å²) in [6, 6.07) is -4.87. The summed E-state index contributed by atoms with van der Waals surface area (Å²) >= 11 is 0. The number of hydrogen-bond donors (Lipinski definition) is 7. The van der Waals surface area contributed by atoms with Crippen molar-refractivity contribution in [2.75, 3.05) is 0 Å². The van der Waals surface area contributed by atoms with E-state index in [4.69, 9.17) is 17.2 Å². The lowest BCUT2D eigenvalue weighted by Crippen LogP contribution is -2.58. The predicted molar refractivity (Wildman–Crippen MR) is 118 cm³/mol. The summed E-state index contributed by atoms with van der Waals surface area (Å²) in [6.07, 6.45) is -0.961. The van der Waals surface area contributed by atoms with E-state index < -0.39 is 66.1 Å². The van der Waals surface area contributed by atoms with Crippen molar-refractivity contribution in [2.24, 2.45) is 29.0 Å². The normalized spacial score (nSPS) is 14.6. The minimum atomic E-state index is -1.63. The van der Waals surface area contributed by atoms with Gasteiger partial charge in [0.05, 0.1) is 12.5 Å². The van der Waals surface area contributed by atoms with E-state index in [1.54, 1.807) is 13.8 Å². The maximum absolute atomic E-state index is 12.9. The van der Waals surface area contributed by atoms with Crippen molar-refractivity contribution in [1.29, 1.82) is 0 Å². The summed E-state index contributed by atoms with van der Waals surface area (Å²) in [7, 11) is 0. The van der Waals surface area contributed by atoms with Gasteiger partial charge < -0.3 is 38.3 Å². The number of carbonyl (C=O) groups is 6. The molecule has 33 heavy (non-hydrogen) atoms. The molecule has 0 aliphatic heterocycles. The van der Waals surface area contributed by atoms with Gasteiger partial charge in [0.1, 0.15) is 18.1 Å². The molecule has 4 unspecified atom stereocenters. The van der Waals surface area contributed by atoms with Crippen LogP contribution in [0.2, 0.25) is 0 Å². The Hall–Kier alpha value is -3.22.